The summed E-state index contributed by atoms with van der Waals surface area (Å²) >= 11 is 0. The zero-order valence-corrected chi connectivity index (χ0v) is 15.0. The van der Waals surface area contributed by atoms with E-state index in [9.17, 15) is 4.79 Å². The number of rotatable bonds is 4. The highest BCUT2D eigenvalue weighted by Crippen LogP contribution is 2.38. The summed E-state index contributed by atoms with van der Waals surface area (Å²) in [6.07, 6.45) is 3.95. The smallest absolute Gasteiger partial charge is 0.230 e. The summed E-state index contributed by atoms with van der Waals surface area (Å²) in [5, 5.41) is 20.3. The van der Waals surface area contributed by atoms with Crippen LogP contribution in [0.4, 0.5) is 11.6 Å². The molecule has 0 radical (unpaired) electrons. The molecule has 1 unspecified atom stereocenters. The normalized spacial score (nSPS) is 18.4. The summed E-state index contributed by atoms with van der Waals surface area (Å²) < 4.78 is 0. The standard InChI is InChI=1S/C19H19N7O/c1-9(2)17-14(8-23-26-17)15-4-10-5-16(22-7-13(10)18(21)24-15)25-19(27)12-3-11(12)6-20/h4-5,7-9,11-12H,3H2,1-2H3,(H2,21,24)(H,23,26)(H,22,25,27)/t11-,12?/m1/s1. The minimum atomic E-state index is -0.245. The number of nitrogens with one attached hydrogen (secondary N) is 2. The Kier molecular flexibility index (Phi) is 4.00. The largest absolute Gasteiger partial charge is 0.383 e. The number of aromatic nitrogens is 4. The van der Waals surface area contributed by atoms with Gasteiger partial charge in [-0.3, -0.25) is 9.89 Å². The number of H-pyrrole nitrogens is 1. The Morgan fingerprint density at radius 2 is 2.22 bits per heavy atom. The number of carbonyl (C=O) groups excluding carboxylic acids is 1. The van der Waals surface area contributed by atoms with Crippen LogP contribution in [0.3, 0.4) is 0 Å². The monoisotopic (exact) mass is 361 g/mol. The van der Waals surface area contributed by atoms with Crippen LogP contribution in [0.25, 0.3) is 22.0 Å². The highest BCUT2D eigenvalue weighted by molar-refractivity contribution is 5.98. The molecule has 4 rings (SSSR count). The highest BCUT2D eigenvalue weighted by atomic mass is 16.2. The highest BCUT2D eigenvalue weighted by Gasteiger charge is 2.43. The van der Waals surface area contributed by atoms with Gasteiger partial charge in [0, 0.05) is 22.8 Å². The molecule has 2 atom stereocenters. The Labute approximate surface area is 155 Å². The van der Waals surface area contributed by atoms with Crippen molar-refractivity contribution in [1.82, 2.24) is 20.2 Å². The second-order valence-electron chi connectivity index (χ2n) is 7.10. The number of nitrogens with zero attached hydrogens (tertiary/aromatic N) is 4. The van der Waals surface area contributed by atoms with Gasteiger partial charge in [0.25, 0.3) is 0 Å². The molecule has 3 heterocycles. The molecule has 8 heteroatoms. The average molecular weight is 361 g/mol. The van der Waals surface area contributed by atoms with Crippen LogP contribution in [0, 0.1) is 23.2 Å². The minimum Gasteiger partial charge on any atom is -0.383 e. The Morgan fingerprint density at radius 1 is 1.41 bits per heavy atom. The Balaban J connectivity index is 1.69. The molecule has 1 aliphatic carbocycles. The maximum absolute atomic E-state index is 12.2. The van der Waals surface area contributed by atoms with Crippen molar-refractivity contribution in [2.24, 2.45) is 11.8 Å². The van der Waals surface area contributed by atoms with Gasteiger partial charge in [0.2, 0.25) is 5.91 Å². The van der Waals surface area contributed by atoms with Gasteiger partial charge in [-0.2, -0.15) is 10.4 Å². The van der Waals surface area contributed by atoms with Gasteiger partial charge in [0.05, 0.1) is 29.8 Å². The molecule has 1 amide bonds. The summed E-state index contributed by atoms with van der Waals surface area (Å²) in [6, 6.07) is 5.80. The van der Waals surface area contributed by atoms with E-state index in [4.69, 9.17) is 11.0 Å². The van der Waals surface area contributed by atoms with Gasteiger partial charge in [-0.25, -0.2) is 9.97 Å². The number of nitrogen functional groups attached to an aromatic ring is 1. The number of nitrogens with two attached hydrogens (primary N) is 1. The maximum atomic E-state index is 12.2. The number of aromatic amines is 1. The van der Waals surface area contributed by atoms with Crippen LogP contribution in [0.5, 0.6) is 0 Å². The van der Waals surface area contributed by atoms with Crippen molar-refractivity contribution in [3.05, 3.63) is 30.2 Å². The van der Waals surface area contributed by atoms with Crippen LogP contribution >= 0.6 is 0 Å². The van der Waals surface area contributed by atoms with Crippen molar-refractivity contribution >= 4 is 28.3 Å². The zero-order chi connectivity index (χ0) is 19.1. The SMILES string of the molecule is CC(C)c1[nH]ncc1-c1cc2cc(NC(=O)C3C[C@@H]3C#N)ncc2c(N)n1. The van der Waals surface area contributed by atoms with E-state index in [0.717, 1.165) is 16.6 Å². The van der Waals surface area contributed by atoms with Crippen LogP contribution in [-0.2, 0) is 4.79 Å². The molecule has 8 nitrogen and oxygen atoms in total. The molecular formula is C19H19N7O. The quantitative estimate of drug-likeness (QED) is 0.654. The number of fused-ring (bicyclic) bond motifs is 1. The lowest BCUT2D eigenvalue weighted by atomic mass is 10.0. The van der Waals surface area contributed by atoms with Crippen molar-refractivity contribution in [1.29, 1.82) is 5.26 Å². The lowest BCUT2D eigenvalue weighted by molar-refractivity contribution is -0.117. The number of nitriles is 1. The molecule has 3 aromatic rings. The van der Waals surface area contributed by atoms with E-state index >= 15 is 0 Å². The molecule has 1 aliphatic rings. The molecule has 0 aliphatic heterocycles. The zero-order valence-electron chi connectivity index (χ0n) is 15.0. The van der Waals surface area contributed by atoms with Crippen LogP contribution in [0.2, 0.25) is 0 Å². The first-order valence-corrected chi connectivity index (χ1v) is 8.78. The maximum Gasteiger partial charge on any atom is 0.230 e. The van der Waals surface area contributed by atoms with E-state index in [0.29, 0.717) is 29.1 Å². The lowest BCUT2D eigenvalue weighted by Gasteiger charge is -2.10. The van der Waals surface area contributed by atoms with Crippen molar-refractivity contribution in [2.75, 3.05) is 11.1 Å². The molecule has 3 aromatic heterocycles. The summed E-state index contributed by atoms with van der Waals surface area (Å²) in [4.78, 5) is 20.9. The van der Waals surface area contributed by atoms with Crippen LogP contribution in [0.15, 0.2) is 24.5 Å². The predicted octanol–water partition coefficient (Wildman–Crippen LogP) is 2.82. The molecule has 1 fully saturated rings. The third-order valence-corrected chi connectivity index (χ3v) is 4.81. The van der Waals surface area contributed by atoms with E-state index in [1.165, 1.54) is 0 Å². The topological polar surface area (TPSA) is 133 Å². The summed E-state index contributed by atoms with van der Waals surface area (Å²) in [6.45, 7) is 4.15. The number of anilines is 2. The molecule has 0 bridgehead atoms. The first-order valence-electron chi connectivity index (χ1n) is 8.78. The Morgan fingerprint density at radius 3 is 2.93 bits per heavy atom. The number of amides is 1. The first kappa shape index (κ1) is 17.0. The van der Waals surface area contributed by atoms with Gasteiger partial charge >= 0.3 is 0 Å². The van der Waals surface area contributed by atoms with E-state index in [1.54, 1.807) is 18.5 Å². The molecule has 0 aromatic carbocycles. The second-order valence-corrected chi connectivity index (χ2v) is 7.10. The van der Waals surface area contributed by atoms with Gasteiger partial charge in [0.1, 0.15) is 11.6 Å². The summed E-state index contributed by atoms with van der Waals surface area (Å²) in [7, 11) is 0. The average Bonchev–Trinajstić information content (AvgIpc) is 3.27. The third-order valence-electron chi connectivity index (χ3n) is 4.81. The lowest BCUT2D eigenvalue weighted by Crippen LogP contribution is -2.15. The van der Waals surface area contributed by atoms with E-state index in [-0.39, 0.29) is 23.7 Å². The predicted molar refractivity (Wildman–Crippen MR) is 101 cm³/mol. The Bertz CT molecular complexity index is 1080. The molecular weight excluding hydrogens is 342 g/mol. The van der Waals surface area contributed by atoms with Gasteiger partial charge in [-0.1, -0.05) is 13.8 Å². The summed E-state index contributed by atoms with van der Waals surface area (Å²) in [5.74, 6) is 0.463. The number of carbonyl (C=O) groups is 1. The van der Waals surface area contributed by atoms with E-state index < -0.39 is 0 Å². The van der Waals surface area contributed by atoms with Crippen molar-refractivity contribution in [3.8, 4) is 17.3 Å². The van der Waals surface area contributed by atoms with Gasteiger partial charge < -0.3 is 11.1 Å². The minimum absolute atomic E-state index is 0.174. The fraction of sp³-hybridized carbons (Fsp3) is 0.316. The molecule has 4 N–H and O–H groups in total. The Hall–Kier alpha value is -3.47. The first-order chi connectivity index (χ1) is 13.0. The van der Waals surface area contributed by atoms with Gasteiger partial charge in [0.15, 0.2) is 0 Å². The molecule has 0 spiro atoms. The third kappa shape index (κ3) is 3.08. The van der Waals surface area contributed by atoms with Crippen molar-refractivity contribution in [2.45, 2.75) is 26.2 Å². The fourth-order valence-corrected chi connectivity index (χ4v) is 3.17. The second kappa shape index (κ2) is 6.36. The van der Waals surface area contributed by atoms with Gasteiger partial charge in [-0.05, 0) is 29.9 Å². The number of hydrogen-bond donors (Lipinski definition) is 3. The van der Waals surface area contributed by atoms with E-state index in [1.807, 2.05) is 6.07 Å². The van der Waals surface area contributed by atoms with Crippen LogP contribution < -0.4 is 11.1 Å². The number of hydrogen-bond acceptors (Lipinski definition) is 6. The van der Waals surface area contributed by atoms with Crippen molar-refractivity contribution < 1.29 is 4.79 Å². The van der Waals surface area contributed by atoms with Crippen LogP contribution in [-0.4, -0.2) is 26.1 Å². The van der Waals surface area contributed by atoms with Crippen molar-refractivity contribution in [3.63, 3.8) is 0 Å². The molecule has 27 heavy (non-hydrogen) atoms. The summed E-state index contributed by atoms with van der Waals surface area (Å²) in [5.41, 5.74) is 8.73. The fourth-order valence-electron chi connectivity index (χ4n) is 3.17. The molecule has 136 valence electrons. The van der Waals surface area contributed by atoms with Crippen LogP contribution in [0.1, 0.15) is 31.9 Å². The number of pyridine rings is 2. The van der Waals surface area contributed by atoms with E-state index in [2.05, 4.69) is 45.4 Å². The molecule has 0 saturated heterocycles. The molecule has 1 saturated carbocycles. The van der Waals surface area contributed by atoms with Gasteiger partial charge in [-0.15, -0.1) is 0 Å².